The molecule has 1 aromatic carbocycles. The summed E-state index contributed by atoms with van der Waals surface area (Å²) in [5, 5.41) is 0. The Morgan fingerprint density at radius 1 is 1.32 bits per heavy atom. The fourth-order valence-corrected chi connectivity index (χ4v) is 2.67. The van der Waals surface area contributed by atoms with E-state index in [0.29, 0.717) is 18.9 Å². The molecule has 4 nitrogen and oxygen atoms in total. The lowest BCUT2D eigenvalue weighted by Gasteiger charge is -2.24. The number of anilines is 2. The van der Waals surface area contributed by atoms with Crippen molar-refractivity contribution >= 4 is 17.3 Å². The number of benzene rings is 1. The molecular formula is C15H23N3O. The van der Waals surface area contributed by atoms with E-state index in [-0.39, 0.29) is 5.91 Å². The number of nitrogens with zero attached hydrogens (tertiary/aromatic N) is 2. The van der Waals surface area contributed by atoms with Crippen molar-refractivity contribution in [1.29, 1.82) is 0 Å². The summed E-state index contributed by atoms with van der Waals surface area (Å²) in [6.07, 6.45) is 1.28. The molecule has 1 aliphatic heterocycles. The molecule has 1 atom stereocenters. The number of hydrogen-bond acceptors (Lipinski definition) is 3. The second kappa shape index (κ2) is 6.06. The first kappa shape index (κ1) is 13.9. The van der Waals surface area contributed by atoms with Gasteiger partial charge < -0.3 is 15.5 Å². The van der Waals surface area contributed by atoms with Crippen molar-refractivity contribution in [1.82, 2.24) is 0 Å². The van der Waals surface area contributed by atoms with Crippen molar-refractivity contribution in [3.8, 4) is 0 Å². The number of nitrogens with two attached hydrogens (primary N) is 1. The number of amides is 1. The van der Waals surface area contributed by atoms with Crippen LogP contribution in [-0.2, 0) is 4.79 Å². The molecule has 0 aromatic heterocycles. The third-order valence-corrected chi connectivity index (χ3v) is 3.56. The Morgan fingerprint density at radius 3 is 2.68 bits per heavy atom. The summed E-state index contributed by atoms with van der Waals surface area (Å²) in [7, 11) is 2.09. The normalized spacial score (nSPS) is 19.0. The predicted molar refractivity (Wildman–Crippen MR) is 79.5 cm³/mol. The fraction of sp³-hybridized carbons (Fsp3) is 0.533. The Hall–Kier alpha value is -1.55. The largest absolute Gasteiger partial charge is 0.373 e. The van der Waals surface area contributed by atoms with E-state index in [1.165, 1.54) is 0 Å². The Morgan fingerprint density at radius 2 is 2.00 bits per heavy atom. The van der Waals surface area contributed by atoms with Gasteiger partial charge in [-0.2, -0.15) is 0 Å². The molecule has 0 saturated carbocycles. The predicted octanol–water partition coefficient (Wildman–Crippen LogP) is 1.84. The quantitative estimate of drug-likeness (QED) is 0.903. The van der Waals surface area contributed by atoms with Gasteiger partial charge in [-0.1, -0.05) is 19.1 Å². The van der Waals surface area contributed by atoms with Gasteiger partial charge in [0.05, 0.1) is 11.4 Å². The molecule has 19 heavy (non-hydrogen) atoms. The molecule has 0 fully saturated rings. The van der Waals surface area contributed by atoms with Crippen molar-refractivity contribution in [2.24, 2.45) is 11.7 Å². The molecule has 0 bridgehead atoms. The highest BCUT2D eigenvalue weighted by atomic mass is 16.2. The molecule has 1 aliphatic rings. The Bertz CT molecular complexity index is 447. The van der Waals surface area contributed by atoms with E-state index in [1.807, 2.05) is 23.1 Å². The topological polar surface area (TPSA) is 49.6 Å². The molecule has 0 saturated heterocycles. The van der Waals surface area contributed by atoms with Gasteiger partial charge in [-0.25, -0.2) is 0 Å². The van der Waals surface area contributed by atoms with Gasteiger partial charge in [0.2, 0.25) is 5.91 Å². The van der Waals surface area contributed by atoms with Crippen molar-refractivity contribution in [3.05, 3.63) is 24.3 Å². The van der Waals surface area contributed by atoms with Gasteiger partial charge in [0.1, 0.15) is 0 Å². The molecule has 2 rings (SSSR count). The minimum atomic E-state index is 0.181. The zero-order valence-corrected chi connectivity index (χ0v) is 11.8. The molecule has 1 aromatic rings. The van der Waals surface area contributed by atoms with E-state index in [2.05, 4.69) is 24.9 Å². The van der Waals surface area contributed by atoms with Gasteiger partial charge in [0, 0.05) is 26.6 Å². The van der Waals surface area contributed by atoms with Crippen molar-refractivity contribution in [2.45, 2.75) is 19.8 Å². The summed E-state index contributed by atoms with van der Waals surface area (Å²) >= 11 is 0. The zero-order valence-electron chi connectivity index (χ0n) is 11.8. The molecule has 0 radical (unpaired) electrons. The summed E-state index contributed by atoms with van der Waals surface area (Å²) < 4.78 is 0. The lowest BCUT2D eigenvalue weighted by molar-refractivity contribution is -0.118. The molecule has 1 heterocycles. The van der Waals surface area contributed by atoms with E-state index in [9.17, 15) is 4.79 Å². The molecule has 1 amide bonds. The van der Waals surface area contributed by atoms with Crippen molar-refractivity contribution in [3.63, 3.8) is 0 Å². The number of para-hydroxylation sites is 2. The molecule has 1 unspecified atom stereocenters. The number of carbonyl (C=O) groups is 1. The van der Waals surface area contributed by atoms with Crippen LogP contribution in [0.4, 0.5) is 11.4 Å². The van der Waals surface area contributed by atoms with E-state index in [1.54, 1.807) is 0 Å². The molecular weight excluding hydrogens is 238 g/mol. The number of rotatable bonds is 3. The van der Waals surface area contributed by atoms with E-state index in [0.717, 1.165) is 30.9 Å². The highest BCUT2D eigenvalue weighted by Crippen LogP contribution is 2.32. The Kier molecular flexibility index (Phi) is 4.43. The molecule has 4 heteroatoms. The van der Waals surface area contributed by atoms with Crippen LogP contribution in [0.2, 0.25) is 0 Å². The highest BCUT2D eigenvalue weighted by Gasteiger charge is 2.25. The van der Waals surface area contributed by atoms with Crippen molar-refractivity contribution in [2.75, 3.05) is 36.5 Å². The number of carbonyl (C=O) groups excluding carboxylic acids is 1. The maximum atomic E-state index is 12.4. The molecule has 2 N–H and O–H groups in total. The SMILES string of the molecule is CC1CN(C)c2ccccc2N(C(=O)CCCN)C1. The Labute approximate surface area is 115 Å². The second-order valence-electron chi connectivity index (χ2n) is 5.37. The fourth-order valence-electron chi connectivity index (χ4n) is 2.67. The van der Waals surface area contributed by atoms with Crippen LogP contribution < -0.4 is 15.5 Å². The summed E-state index contributed by atoms with van der Waals surface area (Å²) in [5.74, 6) is 0.638. The molecule has 104 valence electrons. The summed E-state index contributed by atoms with van der Waals surface area (Å²) in [6, 6.07) is 8.13. The maximum Gasteiger partial charge on any atom is 0.227 e. The van der Waals surface area contributed by atoms with Gasteiger partial charge in [0.25, 0.3) is 0 Å². The minimum Gasteiger partial charge on any atom is -0.373 e. The van der Waals surface area contributed by atoms with Crippen LogP contribution in [0.15, 0.2) is 24.3 Å². The smallest absolute Gasteiger partial charge is 0.227 e. The summed E-state index contributed by atoms with van der Waals surface area (Å²) in [4.78, 5) is 16.5. The van der Waals surface area contributed by atoms with Crippen molar-refractivity contribution < 1.29 is 4.79 Å². The van der Waals surface area contributed by atoms with Crippen LogP contribution in [0, 0.1) is 5.92 Å². The van der Waals surface area contributed by atoms with Gasteiger partial charge in [-0.05, 0) is 31.0 Å². The third-order valence-electron chi connectivity index (χ3n) is 3.56. The first-order chi connectivity index (χ1) is 9.13. The number of fused-ring (bicyclic) bond motifs is 1. The second-order valence-corrected chi connectivity index (χ2v) is 5.37. The molecule has 0 aliphatic carbocycles. The van der Waals surface area contributed by atoms with Gasteiger partial charge >= 0.3 is 0 Å². The lowest BCUT2D eigenvalue weighted by atomic mass is 10.1. The van der Waals surface area contributed by atoms with Gasteiger partial charge in [-0.3, -0.25) is 4.79 Å². The first-order valence-electron chi connectivity index (χ1n) is 6.94. The van der Waals surface area contributed by atoms with Crippen LogP contribution in [0.1, 0.15) is 19.8 Å². The highest BCUT2D eigenvalue weighted by molar-refractivity contribution is 5.97. The van der Waals surface area contributed by atoms with Crippen LogP contribution >= 0.6 is 0 Å². The van der Waals surface area contributed by atoms with Gasteiger partial charge in [0.15, 0.2) is 0 Å². The van der Waals surface area contributed by atoms with Crippen LogP contribution in [0.25, 0.3) is 0 Å². The zero-order chi connectivity index (χ0) is 13.8. The Balaban J connectivity index is 2.30. The molecule has 0 spiro atoms. The van der Waals surface area contributed by atoms with E-state index in [4.69, 9.17) is 5.73 Å². The van der Waals surface area contributed by atoms with E-state index >= 15 is 0 Å². The third kappa shape index (κ3) is 3.07. The average molecular weight is 261 g/mol. The summed E-state index contributed by atoms with van der Waals surface area (Å²) in [6.45, 7) is 4.50. The first-order valence-corrected chi connectivity index (χ1v) is 6.94. The van der Waals surface area contributed by atoms with E-state index < -0.39 is 0 Å². The maximum absolute atomic E-state index is 12.4. The van der Waals surface area contributed by atoms with Crippen LogP contribution in [-0.4, -0.2) is 32.6 Å². The number of hydrogen-bond donors (Lipinski definition) is 1. The van der Waals surface area contributed by atoms with Gasteiger partial charge in [-0.15, -0.1) is 0 Å². The lowest BCUT2D eigenvalue weighted by Crippen LogP contribution is -2.35. The average Bonchev–Trinajstić information content (AvgIpc) is 2.53. The van der Waals surface area contributed by atoms with Crippen LogP contribution in [0.5, 0.6) is 0 Å². The van der Waals surface area contributed by atoms with Crippen LogP contribution in [0.3, 0.4) is 0 Å². The summed E-state index contributed by atoms with van der Waals surface area (Å²) in [5.41, 5.74) is 7.66. The monoisotopic (exact) mass is 261 g/mol. The minimum absolute atomic E-state index is 0.181. The standard InChI is InChI=1S/C15H23N3O/c1-12-10-17(2)13-6-3-4-7-14(13)18(11-12)15(19)8-5-9-16/h3-4,6-7,12H,5,8-11,16H2,1-2H3.